The summed E-state index contributed by atoms with van der Waals surface area (Å²) in [5.41, 5.74) is 2.51. The molecule has 3 heterocycles. The van der Waals surface area contributed by atoms with E-state index in [1.165, 1.54) is 6.21 Å². The van der Waals surface area contributed by atoms with Crippen LogP contribution in [0.3, 0.4) is 0 Å². The highest BCUT2D eigenvalue weighted by atomic mass is 16.6. The molecule has 0 amide bonds. The van der Waals surface area contributed by atoms with E-state index in [2.05, 4.69) is 5.16 Å². The summed E-state index contributed by atoms with van der Waals surface area (Å²) in [5.74, 6) is 1.29. The first-order valence-corrected chi connectivity index (χ1v) is 7.56. The number of furan rings is 2. The molecule has 0 atom stereocenters. The Bertz CT molecular complexity index is 827. The van der Waals surface area contributed by atoms with Gasteiger partial charge in [-0.05, 0) is 44.2 Å². The fraction of sp³-hybridized carbons (Fsp3) is 0.222. The fourth-order valence-corrected chi connectivity index (χ4v) is 2.51. The van der Waals surface area contributed by atoms with Crippen molar-refractivity contribution in [2.45, 2.75) is 20.4 Å². The summed E-state index contributed by atoms with van der Waals surface area (Å²) < 4.78 is 12.5. The number of Topliss-reactive ketones (excluding diaryl/α,β-unsaturated/α-hetero) is 1. The fourth-order valence-electron chi connectivity index (χ4n) is 2.51. The van der Waals surface area contributed by atoms with Crippen LogP contribution in [0.4, 0.5) is 0 Å². The van der Waals surface area contributed by atoms with Crippen molar-refractivity contribution in [1.29, 1.82) is 0 Å². The van der Waals surface area contributed by atoms with Crippen LogP contribution in [0.2, 0.25) is 0 Å². The monoisotopic (exact) mass is 326 g/mol. The molecule has 0 aliphatic carbocycles. The summed E-state index contributed by atoms with van der Waals surface area (Å²) in [6.45, 7) is 4.34. The standard InChI is InChI=1S/C18H18N2O4/c1-13-9-17(14(2)20(13)11-16-6-4-8-23-16)18(21)12-24-19-10-15-5-3-7-22-15/h3-10H,11-12H2,1-2H3/b19-10-. The molecule has 0 bridgehead atoms. The molecule has 3 rings (SSSR count). The minimum Gasteiger partial charge on any atom is -0.467 e. The van der Waals surface area contributed by atoms with Crippen LogP contribution in [-0.4, -0.2) is 23.2 Å². The zero-order chi connectivity index (χ0) is 16.9. The number of carbonyl (C=O) groups excluding carboxylic acids is 1. The lowest BCUT2D eigenvalue weighted by Crippen LogP contribution is -2.09. The van der Waals surface area contributed by atoms with E-state index in [4.69, 9.17) is 13.7 Å². The maximum atomic E-state index is 12.3. The molecule has 6 heteroatoms. The number of hydrogen-bond donors (Lipinski definition) is 0. The first kappa shape index (κ1) is 15.9. The van der Waals surface area contributed by atoms with Gasteiger partial charge in [0, 0.05) is 17.0 Å². The third-order valence-electron chi connectivity index (χ3n) is 3.76. The second-order valence-electron chi connectivity index (χ2n) is 5.40. The van der Waals surface area contributed by atoms with Crippen LogP contribution >= 0.6 is 0 Å². The van der Waals surface area contributed by atoms with Crippen LogP contribution < -0.4 is 0 Å². The molecule has 3 aromatic rings. The maximum Gasteiger partial charge on any atom is 0.204 e. The molecule has 24 heavy (non-hydrogen) atoms. The summed E-state index contributed by atoms with van der Waals surface area (Å²) in [7, 11) is 0. The van der Waals surface area contributed by atoms with E-state index in [1.54, 1.807) is 24.7 Å². The third kappa shape index (κ3) is 3.48. The topological polar surface area (TPSA) is 69.9 Å². The minimum atomic E-state index is -0.123. The van der Waals surface area contributed by atoms with Crippen LogP contribution in [-0.2, 0) is 11.4 Å². The van der Waals surface area contributed by atoms with E-state index in [1.807, 2.05) is 36.6 Å². The maximum absolute atomic E-state index is 12.3. The smallest absolute Gasteiger partial charge is 0.204 e. The van der Waals surface area contributed by atoms with Crippen molar-refractivity contribution < 1.29 is 18.5 Å². The third-order valence-corrected chi connectivity index (χ3v) is 3.76. The number of carbonyl (C=O) groups is 1. The zero-order valence-corrected chi connectivity index (χ0v) is 13.6. The van der Waals surface area contributed by atoms with Gasteiger partial charge in [0.1, 0.15) is 17.7 Å². The van der Waals surface area contributed by atoms with Crippen LogP contribution in [0.1, 0.15) is 33.3 Å². The summed E-state index contributed by atoms with van der Waals surface area (Å²) in [5, 5.41) is 3.74. The molecular formula is C18H18N2O4. The van der Waals surface area contributed by atoms with E-state index < -0.39 is 0 Å². The van der Waals surface area contributed by atoms with Crippen molar-refractivity contribution in [3.63, 3.8) is 0 Å². The van der Waals surface area contributed by atoms with Gasteiger partial charge in [-0.1, -0.05) is 5.16 Å². The van der Waals surface area contributed by atoms with Crippen molar-refractivity contribution in [2.24, 2.45) is 5.16 Å². The second-order valence-corrected chi connectivity index (χ2v) is 5.40. The first-order valence-electron chi connectivity index (χ1n) is 7.56. The summed E-state index contributed by atoms with van der Waals surface area (Å²) >= 11 is 0. The first-order chi connectivity index (χ1) is 11.6. The number of aryl methyl sites for hydroxylation is 1. The molecule has 0 aromatic carbocycles. The molecule has 0 N–H and O–H groups in total. The van der Waals surface area contributed by atoms with Crippen molar-refractivity contribution in [1.82, 2.24) is 4.57 Å². The van der Waals surface area contributed by atoms with E-state index in [0.29, 0.717) is 17.9 Å². The Hall–Kier alpha value is -3.02. The average Bonchev–Trinajstić information content (AvgIpc) is 3.30. The number of aromatic nitrogens is 1. The zero-order valence-electron chi connectivity index (χ0n) is 13.6. The average molecular weight is 326 g/mol. The molecule has 0 aliphatic heterocycles. The van der Waals surface area contributed by atoms with Crippen LogP contribution in [0, 0.1) is 13.8 Å². The lowest BCUT2D eigenvalue weighted by Gasteiger charge is -2.07. The summed E-state index contributed by atoms with van der Waals surface area (Å²) in [6.07, 6.45) is 4.61. The Morgan fingerprint density at radius 3 is 2.75 bits per heavy atom. The van der Waals surface area contributed by atoms with Gasteiger partial charge in [-0.15, -0.1) is 0 Å². The van der Waals surface area contributed by atoms with Gasteiger partial charge in [-0.2, -0.15) is 0 Å². The molecule has 0 radical (unpaired) electrons. The number of ketones is 1. The summed E-state index contributed by atoms with van der Waals surface area (Å²) in [6, 6.07) is 9.12. The van der Waals surface area contributed by atoms with E-state index in [9.17, 15) is 4.79 Å². The number of oxime groups is 1. The molecule has 0 saturated heterocycles. The van der Waals surface area contributed by atoms with Crippen LogP contribution in [0.15, 0.2) is 56.8 Å². The Morgan fingerprint density at radius 1 is 1.25 bits per heavy atom. The Balaban J connectivity index is 1.64. The van der Waals surface area contributed by atoms with Gasteiger partial charge in [0.15, 0.2) is 6.61 Å². The molecular weight excluding hydrogens is 308 g/mol. The summed E-state index contributed by atoms with van der Waals surface area (Å²) in [4.78, 5) is 17.4. The highest BCUT2D eigenvalue weighted by Gasteiger charge is 2.16. The van der Waals surface area contributed by atoms with E-state index in [0.717, 1.165) is 17.1 Å². The Labute approximate surface area is 139 Å². The molecule has 0 aliphatic rings. The second kappa shape index (κ2) is 7.04. The predicted octanol–water partition coefficient (Wildman–Crippen LogP) is 3.57. The van der Waals surface area contributed by atoms with Gasteiger partial charge in [-0.25, -0.2) is 0 Å². The SMILES string of the molecule is Cc1cc(C(=O)CO/N=C\c2ccco2)c(C)n1Cc1ccco1. The predicted molar refractivity (Wildman–Crippen MR) is 88.3 cm³/mol. The molecule has 6 nitrogen and oxygen atoms in total. The highest BCUT2D eigenvalue weighted by molar-refractivity contribution is 5.98. The number of rotatable bonds is 7. The van der Waals surface area contributed by atoms with Gasteiger partial charge < -0.3 is 18.2 Å². The molecule has 0 saturated carbocycles. The molecule has 124 valence electrons. The van der Waals surface area contributed by atoms with Crippen LogP contribution in [0.5, 0.6) is 0 Å². The molecule has 0 spiro atoms. The van der Waals surface area contributed by atoms with Crippen molar-refractivity contribution in [3.05, 3.63) is 71.3 Å². The normalized spacial score (nSPS) is 11.2. The van der Waals surface area contributed by atoms with E-state index >= 15 is 0 Å². The lowest BCUT2D eigenvalue weighted by atomic mass is 10.1. The van der Waals surface area contributed by atoms with E-state index in [-0.39, 0.29) is 12.4 Å². The van der Waals surface area contributed by atoms with Gasteiger partial charge in [0.25, 0.3) is 0 Å². The quantitative estimate of drug-likeness (QED) is 0.378. The van der Waals surface area contributed by atoms with Crippen molar-refractivity contribution in [2.75, 3.05) is 6.61 Å². The minimum absolute atomic E-state index is 0.120. The van der Waals surface area contributed by atoms with Crippen molar-refractivity contribution >= 4 is 12.0 Å². The van der Waals surface area contributed by atoms with Gasteiger partial charge >= 0.3 is 0 Å². The largest absolute Gasteiger partial charge is 0.467 e. The Kier molecular flexibility index (Phi) is 4.65. The molecule has 0 fully saturated rings. The Morgan fingerprint density at radius 2 is 2.04 bits per heavy atom. The molecule has 3 aromatic heterocycles. The number of hydrogen-bond acceptors (Lipinski definition) is 5. The van der Waals surface area contributed by atoms with Gasteiger partial charge in [0.05, 0.1) is 19.1 Å². The highest BCUT2D eigenvalue weighted by Crippen LogP contribution is 2.18. The molecule has 0 unspecified atom stereocenters. The lowest BCUT2D eigenvalue weighted by molar-refractivity contribution is 0.0777. The van der Waals surface area contributed by atoms with Crippen molar-refractivity contribution in [3.8, 4) is 0 Å². The van der Waals surface area contributed by atoms with Crippen LogP contribution in [0.25, 0.3) is 0 Å². The van der Waals surface area contributed by atoms with Gasteiger partial charge in [0.2, 0.25) is 5.78 Å². The van der Waals surface area contributed by atoms with Gasteiger partial charge in [-0.3, -0.25) is 4.79 Å². The number of nitrogens with zero attached hydrogens (tertiary/aromatic N) is 2.